The van der Waals surface area contributed by atoms with Gasteiger partial charge in [-0.05, 0) is 31.6 Å². The standard InChI is InChI=1S/C12H17N3O2/c16-12(17)10-11(9-5-6-9)15(14-13-10)7-8-3-1-2-4-8/h8-9H,1-7H2,(H,16,17). The van der Waals surface area contributed by atoms with Crippen molar-refractivity contribution in [2.24, 2.45) is 5.92 Å². The summed E-state index contributed by atoms with van der Waals surface area (Å²) >= 11 is 0. The van der Waals surface area contributed by atoms with E-state index in [4.69, 9.17) is 5.11 Å². The summed E-state index contributed by atoms with van der Waals surface area (Å²) in [7, 11) is 0. The summed E-state index contributed by atoms with van der Waals surface area (Å²) in [6.45, 7) is 0.853. The molecule has 0 radical (unpaired) electrons. The van der Waals surface area contributed by atoms with Crippen LogP contribution in [0.25, 0.3) is 0 Å². The molecule has 2 aliphatic rings. The highest BCUT2D eigenvalue weighted by molar-refractivity contribution is 5.86. The van der Waals surface area contributed by atoms with E-state index in [0.29, 0.717) is 11.8 Å². The predicted octanol–water partition coefficient (Wildman–Crippen LogP) is 2.04. The monoisotopic (exact) mass is 235 g/mol. The molecule has 0 saturated heterocycles. The summed E-state index contributed by atoms with van der Waals surface area (Å²) in [6, 6.07) is 0. The molecule has 92 valence electrons. The molecule has 0 aromatic carbocycles. The van der Waals surface area contributed by atoms with Crippen LogP contribution in [-0.2, 0) is 6.54 Å². The normalized spacial score (nSPS) is 20.9. The Labute approximate surface area is 99.8 Å². The number of hydrogen-bond acceptors (Lipinski definition) is 3. The molecule has 1 N–H and O–H groups in total. The molecular formula is C12H17N3O2. The van der Waals surface area contributed by atoms with Crippen LogP contribution < -0.4 is 0 Å². The van der Waals surface area contributed by atoms with Crippen LogP contribution in [0.1, 0.15) is 60.6 Å². The van der Waals surface area contributed by atoms with Crippen molar-refractivity contribution in [1.82, 2.24) is 15.0 Å². The second kappa shape index (κ2) is 4.13. The lowest BCUT2D eigenvalue weighted by molar-refractivity contribution is 0.0689. The maximum atomic E-state index is 11.1. The van der Waals surface area contributed by atoms with Gasteiger partial charge < -0.3 is 5.11 Å². The van der Waals surface area contributed by atoms with Crippen LogP contribution >= 0.6 is 0 Å². The number of carbonyl (C=O) groups is 1. The summed E-state index contributed by atoms with van der Waals surface area (Å²) in [6.07, 6.45) is 7.24. The van der Waals surface area contributed by atoms with E-state index in [1.165, 1.54) is 25.7 Å². The van der Waals surface area contributed by atoms with Crippen molar-refractivity contribution < 1.29 is 9.90 Å². The Morgan fingerprint density at radius 2 is 2.00 bits per heavy atom. The van der Waals surface area contributed by atoms with Crippen molar-refractivity contribution in [2.75, 3.05) is 0 Å². The molecule has 0 atom stereocenters. The smallest absolute Gasteiger partial charge is 0.358 e. The topological polar surface area (TPSA) is 68.0 Å². The third-order valence-electron chi connectivity index (χ3n) is 3.85. The number of nitrogens with zero attached hydrogens (tertiary/aromatic N) is 3. The Hall–Kier alpha value is -1.39. The minimum Gasteiger partial charge on any atom is -0.476 e. The minimum atomic E-state index is -0.940. The first-order chi connectivity index (χ1) is 8.25. The van der Waals surface area contributed by atoms with Gasteiger partial charge in [-0.15, -0.1) is 5.10 Å². The van der Waals surface area contributed by atoms with Crippen LogP contribution in [0.4, 0.5) is 0 Å². The van der Waals surface area contributed by atoms with Gasteiger partial charge in [0.25, 0.3) is 0 Å². The molecular weight excluding hydrogens is 218 g/mol. The Morgan fingerprint density at radius 1 is 1.29 bits per heavy atom. The highest BCUT2D eigenvalue weighted by Gasteiger charge is 2.34. The molecule has 2 aliphatic carbocycles. The lowest BCUT2D eigenvalue weighted by atomic mass is 10.1. The van der Waals surface area contributed by atoms with Gasteiger partial charge in [-0.1, -0.05) is 18.1 Å². The quantitative estimate of drug-likeness (QED) is 0.867. The summed E-state index contributed by atoms with van der Waals surface area (Å²) < 4.78 is 1.86. The Balaban J connectivity index is 1.85. The van der Waals surface area contributed by atoms with Gasteiger partial charge in [0.05, 0.1) is 5.69 Å². The first-order valence-corrected chi connectivity index (χ1v) is 6.42. The van der Waals surface area contributed by atoms with Crippen LogP contribution in [0.15, 0.2) is 0 Å². The fourth-order valence-electron chi connectivity index (χ4n) is 2.81. The van der Waals surface area contributed by atoms with Crippen LogP contribution in [0, 0.1) is 5.92 Å². The third kappa shape index (κ3) is 2.06. The lowest BCUT2D eigenvalue weighted by Gasteiger charge is -2.11. The highest BCUT2D eigenvalue weighted by Crippen LogP contribution is 2.41. The first kappa shape index (κ1) is 10.7. The molecule has 0 bridgehead atoms. The van der Waals surface area contributed by atoms with E-state index < -0.39 is 5.97 Å². The molecule has 0 unspecified atom stereocenters. The zero-order valence-electron chi connectivity index (χ0n) is 9.80. The molecule has 1 aromatic heterocycles. The van der Waals surface area contributed by atoms with Crippen LogP contribution in [-0.4, -0.2) is 26.1 Å². The molecule has 17 heavy (non-hydrogen) atoms. The predicted molar refractivity (Wildman–Crippen MR) is 60.9 cm³/mol. The Kier molecular flexibility index (Phi) is 2.61. The lowest BCUT2D eigenvalue weighted by Crippen LogP contribution is -2.13. The maximum Gasteiger partial charge on any atom is 0.358 e. The van der Waals surface area contributed by atoms with Crippen LogP contribution in [0.2, 0.25) is 0 Å². The van der Waals surface area contributed by atoms with E-state index in [2.05, 4.69) is 10.3 Å². The molecule has 5 heteroatoms. The van der Waals surface area contributed by atoms with Crippen molar-refractivity contribution in [2.45, 2.75) is 51.0 Å². The second-order valence-corrected chi connectivity index (χ2v) is 5.24. The summed E-state index contributed by atoms with van der Waals surface area (Å²) in [5.41, 5.74) is 1.04. The molecule has 2 saturated carbocycles. The van der Waals surface area contributed by atoms with Crippen molar-refractivity contribution >= 4 is 5.97 Å². The van der Waals surface area contributed by atoms with Crippen molar-refractivity contribution in [3.63, 3.8) is 0 Å². The molecule has 0 aliphatic heterocycles. The van der Waals surface area contributed by atoms with Gasteiger partial charge in [-0.3, -0.25) is 0 Å². The highest BCUT2D eigenvalue weighted by atomic mass is 16.4. The van der Waals surface area contributed by atoms with E-state index in [1.54, 1.807) is 0 Å². The van der Waals surface area contributed by atoms with Gasteiger partial charge in [0, 0.05) is 12.5 Å². The van der Waals surface area contributed by atoms with Gasteiger partial charge in [0.15, 0.2) is 5.69 Å². The van der Waals surface area contributed by atoms with Crippen molar-refractivity contribution in [3.05, 3.63) is 11.4 Å². The van der Waals surface area contributed by atoms with Crippen LogP contribution in [0.5, 0.6) is 0 Å². The molecule has 5 nitrogen and oxygen atoms in total. The fourth-order valence-corrected chi connectivity index (χ4v) is 2.81. The van der Waals surface area contributed by atoms with Crippen LogP contribution in [0.3, 0.4) is 0 Å². The third-order valence-corrected chi connectivity index (χ3v) is 3.85. The molecule has 0 amide bonds. The van der Waals surface area contributed by atoms with Gasteiger partial charge in [-0.25, -0.2) is 9.48 Å². The average molecular weight is 235 g/mol. The molecule has 3 rings (SSSR count). The first-order valence-electron chi connectivity index (χ1n) is 6.42. The van der Waals surface area contributed by atoms with Gasteiger partial charge >= 0.3 is 5.97 Å². The largest absolute Gasteiger partial charge is 0.476 e. The molecule has 1 heterocycles. The number of hydrogen-bond donors (Lipinski definition) is 1. The number of aromatic carboxylic acids is 1. The SMILES string of the molecule is O=C(O)c1nnn(CC2CCCC2)c1C1CC1. The summed E-state index contributed by atoms with van der Waals surface area (Å²) in [5, 5.41) is 17.0. The molecule has 1 aromatic rings. The van der Waals surface area contributed by atoms with Crippen molar-refractivity contribution in [1.29, 1.82) is 0 Å². The Bertz CT molecular complexity index is 431. The molecule has 2 fully saturated rings. The number of carboxylic acid groups (broad SMARTS) is 1. The van der Waals surface area contributed by atoms with E-state index in [9.17, 15) is 4.79 Å². The van der Waals surface area contributed by atoms with E-state index in [-0.39, 0.29) is 5.69 Å². The summed E-state index contributed by atoms with van der Waals surface area (Å²) in [5.74, 6) is 0.109. The average Bonchev–Trinajstić information content (AvgIpc) is 2.85. The minimum absolute atomic E-state index is 0.172. The number of aromatic nitrogens is 3. The van der Waals surface area contributed by atoms with E-state index >= 15 is 0 Å². The van der Waals surface area contributed by atoms with Crippen molar-refractivity contribution in [3.8, 4) is 0 Å². The Morgan fingerprint density at radius 3 is 2.59 bits per heavy atom. The maximum absolute atomic E-state index is 11.1. The number of carboxylic acids is 1. The molecule has 0 spiro atoms. The summed E-state index contributed by atoms with van der Waals surface area (Å²) in [4.78, 5) is 11.1. The van der Waals surface area contributed by atoms with Gasteiger partial charge in [-0.2, -0.15) is 0 Å². The number of rotatable bonds is 4. The zero-order chi connectivity index (χ0) is 11.8. The van der Waals surface area contributed by atoms with E-state index in [0.717, 1.165) is 25.1 Å². The van der Waals surface area contributed by atoms with E-state index in [1.807, 2.05) is 4.68 Å². The van der Waals surface area contributed by atoms with Gasteiger partial charge in [0.1, 0.15) is 0 Å². The fraction of sp³-hybridized carbons (Fsp3) is 0.750. The van der Waals surface area contributed by atoms with Gasteiger partial charge in [0.2, 0.25) is 0 Å². The second-order valence-electron chi connectivity index (χ2n) is 5.24. The zero-order valence-corrected chi connectivity index (χ0v) is 9.80.